The van der Waals surface area contributed by atoms with Crippen molar-refractivity contribution < 1.29 is 23.5 Å². The van der Waals surface area contributed by atoms with Crippen LogP contribution in [0.25, 0.3) is 0 Å². The van der Waals surface area contributed by atoms with Crippen LogP contribution in [-0.2, 0) is 4.79 Å². The van der Waals surface area contributed by atoms with Gasteiger partial charge in [0.15, 0.2) is 5.82 Å². The quantitative estimate of drug-likeness (QED) is 0.903. The highest BCUT2D eigenvalue weighted by Gasteiger charge is 2.25. The van der Waals surface area contributed by atoms with Gasteiger partial charge >= 0.3 is 5.97 Å². The van der Waals surface area contributed by atoms with E-state index < -0.39 is 40.7 Å². The lowest BCUT2D eigenvalue weighted by Crippen LogP contribution is -2.32. The van der Waals surface area contributed by atoms with Crippen LogP contribution in [0, 0.1) is 17.6 Å². The highest BCUT2D eigenvalue weighted by Crippen LogP contribution is 2.26. The smallest absolute Gasteiger partial charge is 0.338 e. The lowest BCUT2D eigenvalue weighted by Gasteiger charge is -2.21. The first kappa shape index (κ1) is 14.1. The van der Waals surface area contributed by atoms with Gasteiger partial charge < -0.3 is 10.0 Å². The standard InChI is InChI=1S/C12H13F2NO3/c1-6(2)11(16)15(3)10-8(13)5-4-7(9(10)14)12(17)18/h4-6H,1-3H3,(H,17,18). The average molecular weight is 257 g/mol. The third-order valence-corrected chi connectivity index (χ3v) is 2.46. The molecule has 0 aromatic heterocycles. The molecule has 0 atom stereocenters. The maximum Gasteiger partial charge on any atom is 0.338 e. The predicted octanol–water partition coefficient (Wildman–Crippen LogP) is 2.28. The van der Waals surface area contributed by atoms with Crippen molar-refractivity contribution >= 4 is 17.6 Å². The normalized spacial score (nSPS) is 10.6. The number of halogens is 2. The topological polar surface area (TPSA) is 57.6 Å². The Bertz CT molecular complexity index is 500. The summed E-state index contributed by atoms with van der Waals surface area (Å²) >= 11 is 0. The molecule has 0 heterocycles. The van der Waals surface area contributed by atoms with Gasteiger partial charge in [-0.2, -0.15) is 0 Å². The fourth-order valence-corrected chi connectivity index (χ4v) is 1.51. The van der Waals surface area contributed by atoms with Crippen molar-refractivity contribution in [3.05, 3.63) is 29.3 Å². The van der Waals surface area contributed by atoms with Crippen molar-refractivity contribution in [3.63, 3.8) is 0 Å². The number of benzene rings is 1. The second-order valence-corrected chi connectivity index (χ2v) is 4.11. The number of rotatable bonds is 3. The summed E-state index contributed by atoms with van der Waals surface area (Å²) in [6, 6.07) is 1.65. The Labute approximate surface area is 103 Å². The number of carbonyl (C=O) groups is 2. The molecular formula is C12H13F2NO3. The molecule has 1 N–H and O–H groups in total. The predicted molar refractivity (Wildman–Crippen MR) is 61.6 cm³/mol. The zero-order valence-electron chi connectivity index (χ0n) is 10.2. The Morgan fingerprint density at radius 2 is 1.83 bits per heavy atom. The van der Waals surface area contributed by atoms with Crippen LogP contribution in [0.4, 0.5) is 14.5 Å². The highest BCUT2D eigenvalue weighted by molar-refractivity contribution is 5.96. The van der Waals surface area contributed by atoms with Crippen molar-refractivity contribution in [1.29, 1.82) is 0 Å². The molecule has 1 aromatic carbocycles. The van der Waals surface area contributed by atoms with Crippen LogP contribution >= 0.6 is 0 Å². The monoisotopic (exact) mass is 257 g/mol. The van der Waals surface area contributed by atoms with Gasteiger partial charge in [0.05, 0.1) is 5.56 Å². The summed E-state index contributed by atoms with van der Waals surface area (Å²) in [5.41, 5.74) is -1.32. The molecule has 0 bridgehead atoms. The average Bonchev–Trinajstić information content (AvgIpc) is 2.27. The van der Waals surface area contributed by atoms with E-state index in [-0.39, 0.29) is 0 Å². The Morgan fingerprint density at radius 3 is 2.28 bits per heavy atom. The zero-order chi connectivity index (χ0) is 14.0. The minimum absolute atomic E-state index is 0.456. The van der Waals surface area contributed by atoms with Crippen LogP contribution in [0.3, 0.4) is 0 Å². The number of amides is 1. The van der Waals surface area contributed by atoms with Gasteiger partial charge in [-0.25, -0.2) is 13.6 Å². The van der Waals surface area contributed by atoms with E-state index in [1.165, 1.54) is 7.05 Å². The first-order valence-corrected chi connectivity index (χ1v) is 5.26. The van der Waals surface area contributed by atoms with Gasteiger partial charge in [-0.05, 0) is 12.1 Å². The third kappa shape index (κ3) is 2.47. The Hall–Kier alpha value is -1.98. The maximum absolute atomic E-state index is 13.8. The number of carboxylic acid groups (broad SMARTS) is 1. The van der Waals surface area contributed by atoms with Crippen molar-refractivity contribution in [2.75, 3.05) is 11.9 Å². The number of carbonyl (C=O) groups excluding carboxylic acids is 1. The van der Waals surface area contributed by atoms with Crippen molar-refractivity contribution in [2.45, 2.75) is 13.8 Å². The largest absolute Gasteiger partial charge is 0.478 e. The maximum atomic E-state index is 13.8. The molecule has 0 radical (unpaired) electrons. The van der Waals surface area contributed by atoms with Crippen molar-refractivity contribution in [2.24, 2.45) is 5.92 Å². The number of anilines is 1. The minimum atomic E-state index is -1.51. The van der Waals surface area contributed by atoms with Crippen LogP contribution in [0.15, 0.2) is 12.1 Å². The molecule has 1 aromatic rings. The van der Waals surface area contributed by atoms with Crippen LogP contribution in [-0.4, -0.2) is 24.0 Å². The number of hydrogen-bond acceptors (Lipinski definition) is 2. The summed E-state index contributed by atoms with van der Waals surface area (Å²) in [6.07, 6.45) is 0. The third-order valence-electron chi connectivity index (χ3n) is 2.46. The van der Waals surface area contributed by atoms with Gasteiger partial charge in [-0.3, -0.25) is 4.79 Å². The second-order valence-electron chi connectivity index (χ2n) is 4.11. The number of nitrogens with zero attached hydrogens (tertiary/aromatic N) is 1. The fraction of sp³-hybridized carbons (Fsp3) is 0.333. The number of aromatic carboxylic acids is 1. The summed E-state index contributed by atoms with van der Waals surface area (Å²) in [5.74, 6) is -4.70. The molecule has 1 rings (SSSR count). The van der Waals surface area contributed by atoms with Gasteiger partial charge in [0.2, 0.25) is 5.91 Å². The van der Waals surface area contributed by atoms with Gasteiger partial charge in [0.25, 0.3) is 0 Å². The first-order valence-electron chi connectivity index (χ1n) is 5.26. The Kier molecular flexibility index (Phi) is 4.00. The van der Waals surface area contributed by atoms with Gasteiger partial charge in [0.1, 0.15) is 11.5 Å². The molecule has 0 saturated heterocycles. The second kappa shape index (κ2) is 5.12. The molecular weight excluding hydrogens is 244 g/mol. The molecule has 0 aliphatic rings. The van der Waals surface area contributed by atoms with Crippen LogP contribution in [0.1, 0.15) is 24.2 Å². The van der Waals surface area contributed by atoms with E-state index in [2.05, 4.69) is 0 Å². The number of hydrogen-bond donors (Lipinski definition) is 1. The lowest BCUT2D eigenvalue weighted by molar-refractivity contribution is -0.121. The summed E-state index contributed by atoms with van der Waals surface area (Å²) in [4.78, 5) is 23.2. The summed E-state index contributed by atoms with van der Waals surface area (Å²) in [5, 5.41) is 8.74. The van der Waals surface area contributed by atoms with Crippen LogP contribution < -0.4 is 4.90 Å². The van der Waals surface area contributed by atoms with Gasteiger partial charge in [-0.1, -0.05) is 13.8 Å². The van der Waals surface area contributed by atoms with Crippen LogP contribution in [0.5, 0.6) is 0 Å². The first-order chi connectivity index (χ1) is 8.27. The molecule has 0 aliphatic heterocycles. The summed E-state index contributed by atoms with van der Waals surface area (Å²) in [6.45, 7) is 3.16. The lowest BCUT2D eigenvalue weighted by atomic mass is 10.1. The van der Waals surface area contributed by atoms with Crippen molar-refractivity contribution in [3.8, 4) is 0 Å². The molecule has 18 heavy (non-hydrogen) atoms. The molecule has 0 spiro atoms. The summed E-state index contributed by atoms with van der Waals surface area (Å²) in [7, 11) is 1.20. The fourth-order valence-electron chi connectivity index (χ4n) is 1.51. The van der Waals surface area contributed by atoms with E-state index in [0.29, 0.717) is 0 Å². The summed E-state index contributed by atoms with van der Waals surface area (Å²) < 4.78 is 27.4. The van der Waals surface area contributed by atoms with Crippen molar-refractivity contribution in [1.82, 2.24) is 0 Å². The Balaban J connectivity index is 3.35. The van der Waals surface area contributed by atoms with E-state index in [4.69, 9.17) is 5.11 Å². The molecule has 0 unspecified atom stereocenters. The zero-order valence-corrected chi connectivity index (χ0v) is 10.2. The van der Waals surface area contributed by atoms with Gasteiger partial charge in [0, 0.05) is 13.0 Å². The van der Waals surface area contributed by atoms with E-state index in [9.17, 15) is 18.4 Å². The molecule has 4 nitrogen and oxygen atoms in total. The molecule has 1 amide bonds. The molecule has 0 saturated carbocycles. The number of carboxylic acids is 1. The molecule has 0 fully saturated rings. The van der Waals surface area contributed by atoms with E-state index in [1.807, 2.05) is 0 Å². The molecule has 6 heteroatoms. The SMILES string of the molecule is CC(C)C(=O)N(C)c1c(F)ccc(C(=O)O)c1F. The molecule has 98 valence electrons. The molecule has 0 aliphatic carbocycles. The minimum Gasteiger partial charge on any atom is -0.478 e. The van der Waals surface area contributed by atoms with E-state index >= 15 is 0 Å². The van der Waals surface area contributed by atoms with Gasteiger partial charge in [-0.15, -0.1) is 0 Å². The Morgan fingerprint density at radius 1 is 1.28 bits per heavy atom. The van der Waals surface area contributed by atoms with E-state index in [1.54, 1.807) is 13.8 Å². The van der Waals surface area contributed by atoms with E-state index in [0.717, 1.165) is 17.0 Å². The van der Waals surface area contributed by atoms with Crippen LogP contribution in [0.2, 0.25) is 0 Å². The highest BCUT2D eigenvalue weighted by atomic mass is 19.1.